The van der Waals surface area contributed by atoms with Crippen molar-refractivity contribution in [2.75, 3.05) is 20.0 Å². The van der Waals surface area contributed by atoms with E-state index in [0.717, 1.165) is 34.0 Å². The molecule has 2 aliphatic rings. The van der Waals surface area contributed by atoms with Crippen LogP contribution in [0.1, 0.15) is 49.3 Å². The molecular formula is C32H31N3O6S. The summed E-state index contributed by atoms with van der Waals surface area (Å²) in [5.41, 5.74) is 5.27. The van der Waals surface area contributed by atoms with E-state index >= 15 is 0 Å². The molecule has 0 saturated carbocycles. The molecule has 0 aliphatic carbocycles. The van der Waals surface area contributed by atoms with Crippen LogP contribution in [-0.2, 0) is 9.53 Å². The number of ether oxygens (including phenoxy) is 4. The van der Waals surface area contributed by atoms with E-state index in [1.807, 2.05) is 69.3 Å². The van der Waals surface area contributed by atoms with Gasteiger partial charge in [-0.2, -0.15) is 0 Å². The first-order valence-electron chi connectivity index (χ1n) is 13.8. The van der Waals surface area contributed by atoms with Crippen molar-refractivity contribution >= 4 is 23.4 Å². The number of aryl methyl sites for hydroxylation is 1. The summed E-state index contributed by atoms with van der Waals surface area (Å²) in [7, 11) is 0. The molecule has 0 fully saturated rings. The molecule has 0 amide bonds. The first kappa shape index (κ1) is 27.6. The minimum atomic E-state index is -0.681. The molecule has 0 unspecified atom stereocenters. The number of fused-ring (bicyclic) bond motifs is 2. The number of hydrogen-bond donors (Lipinski definition) is 0. The fourth-order valence-corrected chi connectivity index (χ4v) is 6.55. The van der Waals surface area contributed by atoms with Gasteiger partial charge in [0.1, 0.15) is 5.75 Å². The number of esters is 1. The number of nitrogens with zero attached hydrogens (tertiary/aromatic N) is 3. The molecule has 6 rings (SSSR count). The highest BCUT2D eigenvalue weighted by molar-refractivity contribution is 7.07. The molecule has 42 heavy (non-hydrogen) atoms. The minimum absolute atomic E-state index is 0.212. The molecule has 4 heterocycles. The van der Waals surface area contributed by atoms with Crippen LogP contribution in [0.2, 0.25) is 0 Å². The largest absolute Gasteiger partial charge is 0.494 e. The van der Waals surface area contributed by atoms with Crippen molar-refractivity contribution in [3.8, 4) is 22.9 Å². The van der Waals surface area contributed by atoms with Crippen LogP contribution in [0.15, 0.2) is 69.6 Å². The number of hydrogen-bond acceptors (Lipinski definition) is 8. The Hall–Kier alpha value is -4.57. The van der Waals surface area contributed by atoms with Crippen LogP contribution < -0.4 is 29.1 Å². The molecule has 216 valence electrons. The first-order chi connectivity index (χ1) is 20.3. The topological polar surface area (TPSA) is 93.3 Å². The van der Waals surface area contributed by atoms with Crippen molar-refractivity contribution in [3.63, 3.8) is 0 Å². The molecule has 4 aromatic rings. The zero-order chi connectivity index (χ0) is 29.5. The van der Waals surface area contributed by atoms with Gasteiger partial charge in [0.15, 0.2) is 16.3 Å². The van der Waals surface area contributed by atoms with E-state index in [1.54, 1.807) is 18.4 Å². The Morgan fingerprint density at radius 2 is 1.81 bits per heavy atom. The normalized spacial score (nSPS) is 15.9. The number of carbonyl (C=O) groups is 1. The molecule has 2 aromatic carbocycles. The number of carbonyl (C=O) groups excluding carboxylic acids is 1. The van der Waals surface area contributed by atoms with Gasteiger partial charge < -0.3 is 23.5 Å². The summed E-state index contributed by atoms with van der Waals surface area (Å²) in [6.45, 7) is 10.5. The fourth-order valence-electron chi connectivity index (χ4n) is 5.52. The van der Waals surface area contributed by atoms with Gasteiger partial charge in [-0.05, 0) is 82.2 Å². The van der Waals surface area contributed by atoms with E-state index in [-0.39, 0.29) is 19.0 Å². The fraction of sp³-hybridized carbons (Fsp3) is 0.281. The standard InChI is InChI=1S/C32H31N3O6S/c1-6-38-24-11-8-21(9-12-24)29-28(31(37)39-7-2)19(4)33-32-35(29)30(36)27(42-32)15-22-14-18(3)34(20(22)5)23-10-13-25-26(16-23)41-17-40-25/h8-16,29H,6-7,17H2,1-5H3/b27-15+/t29-/m1/s1. The maximum atomic E-state index is 14.1. The lowest BCUT2D eigenvalue weighted by atomic mass is 9.96. The van der Waals surface area contributed by atoms with Gasteiger partial charge in [0.2, 0.25) is 6.79 Å². The molecule has 10 heteroatoms. The predicted octanol–water partition coefficient (Wildman–Crippen LogP) is 4.33. The Morgan fingerprint density at radius 1 is 1.05 bits per heavy atom. The van der Waals surface area contributed by atoms with Crippen molar-refractivity contribution in [2.45, 2.75) is 40.7 Å². The lowest BCUT2D eigenvalue weighted by Gasteiger charge is -2.24. The van der Waals surface area contributed by atoms with E-state index in [4.69, 9.17) is 18.9 Å². The van der Waals surface area contributed by atoms with E-state index in [9.17, 15) is 9.59 Å². The summed E-state index contributed by atoms with van der Waals surface area (Å²) in [6.07, 6.45) is 1.90. The Morgan fingerprint density at radius 3 is 2.55 bits per heavy atom. The van der Waals surface area contributed by atoms with Gasteiger partial charge in [-0.15, -0.1) is 0 Å². The average molecular weight is 586 g/mol. The van der Waals surface area contributed by atoms with Crippen molar-refractivity contribution in [2.24, 2.45) is 4.99 Å². The van der Waals surface area contributed by atoms with E-state index in [1.165, 1.54) is 11.3 Å². The monoisotopic (exact) mass is 585 g/mol. The van der Waals surface area contributed by atoms with E-state index in [0.29, 0.717) is 38.7 Å². The van der Waals surface area contributed by atoms with Crippen LogP contribution in [0, 0.1) is 13.8 Å². The van der Waals surface area contributed by atoms with Crippen molar-refractivity contribution in [1.82, 2.24) is 9.13 Å². The molecule has 9 nitrogen and oxygen atoms in total. The minimum Gasteiger partial charge on any atom is -0.494 e. The summed E-state index contributed by atoms with van der Waals surface area (Å²) in [5.74, 6) is 1.66. The Bertz CT molecular complexity index is 1910. The average Bonchev–Trinajstić information content (AvgIpc) is 3.64. The molecule has 0 bridgehead atoms. The third kappa shape index (κ3) is 4.71. The highest BCUT2D eigenvalue weighted by atomic mass is 32.1. The number of thiazole rings is 1. The predicted molar refractivity (Wildman–Crippen MR) is 159 cm³/mol. The number of aromatic nitrogens is 2. The second-order valence-electron chi connectivity index (χ2n) is 10.0. The summed E-state index contributed by atoms with van der Waals surface area (Å²) < 4.78 is 26.3. The summed E-state index contributed by atoms with van der Waals surface area (Å²) >= 11 is 1.30. The second-order valence-corrected chi connectivity index (χ2v) is 11.0. The maximum absolute atomic E-state index is 14.1. The van der Waals surface area contributed by atoms with Crippen molar-refractivity contribution < 1.29 is 23.7 Å². The quantitative estimate of drug-likeness (QED) is 0.300. The SMILES string of the molecule is CCOC(=O)C1=C(C)N=c2s/c(=C/c3cc(C)n(-c4ccc5c(c4)OCO5)c3C)c(=O)n2[C@@H]1c1ccc(OCC)cc1. The highest BCUT2D eigenvalue weighted by Gasteiger charge is 2.33. The molecular weight excluding hydrogens is 554 g/mol. The summed E-state index contributed by atoms with van der Waals surface area (Å²) in [6, 6.07) is 14.7. The molecule has 2 aromatic heterocycles. The summed E-state index contributed by atoms with van der Waals surface area (Å²) in [4.78, 5) is 32.4. The molecule has 2 aliphatic heterocycles. The van der Waals surface area contributed by atoms with Crippen LogP contribution in [0.5, 0.6) is 17.2 Å². The highest BCUT2D eigenvalue weighted by Crippen LogP contribution is 2.35. The van der Waals surface area contributed by atoms with Crippen LogP contribution in [0.4, 0.5) is 0 Å². The van der Waals surface area contributed by atoms with Gasteiger partial charge in [-0.25, -0.2) is 9.79 Å². The number of rotatable bonds is 7. The van der Waals surface area contributed by atoms with Gasteiger partial charge >= 0.3 is 5.97 Å². The smallest absolute Gasteiger partial charge is 0.338 e. The lowest BCUT2D eigenvalue weighted by Crippen LogP contribution is -2.39. The lowest BCUT2D eigenvalue weighted by molar-refractivity contribution is -0.139. The summed E-state index contributed by atoms with van der Waals surface area (Å²) in [5, 5.41) is 0. The zero-order valence-corrected chi connectivity index (χ0v) is 24.9. The van der Waals surface area contributed by atoms with Crippen LogP contribution in [-0.4, -0.2) is 35.1 Å². The number of benzene rings is 2. The second kappa shape index (κ2) is 11.0. The van der Waals surface area contributed by atoms with Crippen molar-refractivity contribution in [3.05, 3.63) is 102 Å². The van der Waals surface area contributed by atoms with Gasteiger partial charge in [-0.1, -0.05) is 23.5 Å². The van der Waals surface area contributed by atoms with Crippen molar-refractivity contribution in [1.29, 1.82) is 0 Å². The third-order valence-electron chi connectivity index (χ3n) is 7.40. The van der Waals surface area contributed by atoms with Gasteiger partial charge in [0, 0.05) is 23.1 Å². The van der Waals surface area contributed by atoms with Crippen LogP contribution in [0.25, 0.3) is 11.8 Å². The first-order valence-corrected chi connectivity index (χ1v) is 14.6. The van der Waals surface area contributed by atoms with Gasteiger partial charge in [0.25, 0.3) is 5.56 Å². The molecule has 0 saturated heterocycles. The molecule has 0 radical (unpaired) electrons. The Labute approximate surface area is 246 Å². The Balaban J connectivity index is 1.47. The molecule has 0 N–H and O–H groups in total. The van der Waals surface area contributed by atoms with E-state index in [2.05, 4.69) is 15.6 Å². The van der Waals surface area contributed by atoms with Gasteiger partial charge in [-0.3, -0.25) is 9.36 Å². The molecule has 0 spiro atoms. The van der Waals surface area contributed by atoms with Gasteiger partial charge in [0.05, 0.1) is 35.1 Å². The number of allylic oxidation sites excluding steroid dienone is 1. The molecule has 1 atom stereocenters. The Kier molecular flexibility index (Phi) is 7.24. The van der Waals surface area contributed by atoms with Crippen LogP contribution >= 0.6 is 11.3 Å². The third-order valence-corrected chi connectivity index (χ3v) is 8.38. The maximum Gasteiger partial charge on any atom is 0.338 e. The zero-order valence-electron chi connectivity index (χ0n) is 24.1. The van der Waals surface area contributed by atoms with Crippen LogP contribution in [0.3, 0.4) is 0 Å². The van der Waals surface area contributed by atoms with E-state index < -0.39 is 12.0 Å².